The van der Waals surface area contributed by atoms with Crippen molar-refractivity contribution in [1.29, 1.82) is 0 Å². The molecular weight excluding hydrogens is 306 g/mol. The lowest BCUT2D eigenvalue weighted by Gasteiger charge is -2.02. The van der Waals surface area contributed by atoms with Gasteiger partial charge in [0.2, 0.25) is 5.91 Å². The van der Waals surface area contributed by atoms with Crippen molar-refractivity contribution in [1.82, 2.24) is 5.43 Å². The molecule has 1 amide bonds. The van der Waals surface area contributed by atoms with Crippen molar-refractivity contribution in [2.75, 3.05) is 0 Å². The lowest BCUT2D eigenvalue weighted by Crippen LogP contribution is -2.20. The number of nitro benzene ring substituents is 1. The smallest absolute Gasteiger partial charge is 0.273 e. The quantitative estimate of drug-likeness (QED) is 0.522. The molecule has 2 aromatic carbocycles. The molecule has 0 aliphatic carbocycles. The molecule has 0 fully saturated rings. The second kappa shape index (κ2) is 7.33. The Morgan fingerprint density at radius 1 is 1.27 bits per heavy atom. The third-order valence-corrected chi connectivity index (χ3v) is 3.03. The molecule has 0 aromatic heterocycles. The van der Waals surface area contributed by atoms with Gasteiger partial charge >= 0.3 is 0 Å². The van der Waals surface area contributed by atoms with Crippen LogP contribution in [0.1, 0.15) is 11.1 Å². The molecule has 0 spiro atoms. The largest absolute Gasteiger partial charge is 0.273 e. The van der Waals surface area contributed by atoms with E-state index in [2.05, 4.69) is 10.5 Å². The number of para-hydroxylation sites is 1. The summed E-state index contributed by atoms with van der Waals surface area (Å²) in [5.74, 6) is -0.437. The highest BCUT2D eigenvalue weighted by Gasteiger charge is 2.14. The molecule has 2 rings (SSSR count). The molecular formula is C15H12ClN3O3. The minimum absolute atomic E-state index is 0.0866. The third kappa shape index (κ3) is 4.39. The van der Waals surface area contributed by atoms with E-state index in [0.717, 1.165) is 5.56 Å². The Bertz CT molecular complexity index is 731. The lowest BCUT2D eigenvalue weighted by molar-refractivity contribution is -0.385. The van der Waals surface area contributed by atoms with E-state index in [-0.39, 0.29) is 12.1 Å². The summed E-state index contributed by atoms with van der Waals surface area (Å²) in [7, 11) is 0. The maximum atomic E-state index is 11.8. The normalized spacial score (nSPS) is 10.6. The number of carbonyl (C=O) groups excluding carboxylic acids is 1. The van der Waals surface area contributed by atoms with Crippen LogP contribution < -0.4 is 5.43 Å². The van der Waals surface area contributed by atoms with Gasteiger partial charge in [0.1, 0.15) is 0 Å². The van der Waals surface area contributed by atoms with Gasteiger partial charge in [0, 0.05) is 16.7 Å². The van der Waals surface area contributed by atoms with E-state index in [1.165, 1.54) is 12.3 Å². The van der Waals surface area contributed by atoms with Gasteiger partial charge in [0.25, 0.3) is 5.69 Å². The Morgan fingerprint density at radius 3 is 2.77 bits per heavy atom. The monoisotopic (exact) mass is 317 g/mol. The van der Waals surface area contributed by atoms with Crippen molar-refractivity contribution in [3.63, 3.8) is 0 Å². The molecule has 2 aromatic rings. The van der Waals surface area contributed by atoms with Gasteiger partial charge in [-0.05, 0) is 17.7 Å². The second-order valence-corrected chi connectivity index (χ2v) is 4.85. The first kappa shape index (κ1) is 15.7. The average Bonchev–Trinajstić information content (AvgIpc) is 2.47. The Morgan fingerprint density at radius 2 is 2.05 bits per heavy atom. The number of amides is 1. The number of hydrogen-bond donors (Lipinski definition) is 1. The van der Waals surface area contributed by atoms with Crippen LogP contribution >= 0.6 is 11.6 Å². The predicted molar refractivity (Wildman–Crippen MR) is 84.0 cm³/mol. The van der Waals surface area contributed by atoms with Crippen LogP contribution in [0.2, 0.25) is 5.02 Å². The number of halogens is 1. The highest BCUT2D eigenvalue weighted by atomic mass is 35.5. The molecule has 0 atom stereocenters. The van der Waals surface area contributed by atoms with Gasteiger partial charge in [-0.15, -0.1) is 0 Å². The maximum absolute atomic E-state index is 11.8. The zero-order chi connectivity index (χ0) is 15.9. The van der Waals surface area contributed by atoms with Gasteiger partial charge in [-0.25, -0.2) is 5.43 Å². The first-order chi connectivity index (χ1) is 10.6. The minimum atomic E-state index is -0.516. The van der Waals surface area contributed by atoms with E-state index in [1.54, 1.807) is 42.5 Å². The minimum Gasteiger partial charge on any atom is -0.273 e. The van der Waals surface area contributed by atoms with Gasteiger partial charge in [-0.2, -0.15) is 5.10 Å². The number of nitro groups is 1. The number of hydrogen-bond acceptors (Lipinski definition) is 4. The molecule has 0 unspecified atom stereocenters. The number of hydrazone groups is 1. The van der Waals surface area contributed by atoms with Crippen molar-refractivity contribution in [2.45, 2.75) is 6.42 Å². The summed E-state index contributed by atoms with van der Waals surface area (Å²) in [6.45, 7) is 0. The Kier molecular flexibility index (Phi) is 5.21. The Hall–Kier alpha value is -2.73. The van der Waals surface area contributed by atoms with E-state index in [9.17, 15) is 14.9 Å². The highest BCUT2D eigenvalue weighted by molar-refractivity contribution is 6.30. The summed E-state index contributed by atoms with van der Waals surface area (Å²) in [4.78, 5) is 22.1. The van der Waals surface area contributed by atoms with E-state index in [1.807, 2.05) is 0 Å². The van der Waals surface area contributed by atoms with Crippen LogP contribution in [0, 0.1) is 10.1 Å². The van der Waals surface area contributed by atoms with E-state index in [0.29, 0.717) is 10.6 Å². The molecule has 0 saturated carbocycles. The van der Waals surface area contributed by atoms with Crippen LogP contribution in [0.25, 0.3) is 0 Å². The molecule has 0 aliphatic rings. The molecule has 112 valence electrons. The lowest BCUT2D eigenvalue weighted by atomic mass is 10.1. The van der Waals surface area contributed by atoms with E-state index < -0.39 is 10.8 Å². The number of nitrogens with zero attached hydrogens (tertiary/aromatic N) is 2. The maximum Gasteiger partial charge on any atom is 0.273 e. The third-order valence-electron chi connectivity index (χ3n) is 2.79. The molecule has 1 N–H and O–H groups in total. The standard InChI is InChI=1S/C15H12ClN3O3/c16-13-6-3-4-11(8-13)10-17-18-15(20)9-12-5-1-2-7-14(12)19(21)22/h1-8,10H,9H2,(H,18,20). The topological polar surface area (TPSA) is 84.6 Å². The van der Waals surface area contributed by atoms with Gasteiger partial charge in [0.05, 0.1) is 17.6 Å². The molecule has 7 heteroatoms. The van der Waals surface area contributed by atoms with Gasteiger partial charge in [-0.1, -0.05) is 41.9 Å². The summed E-state index contributed by atoms with van der Waals surface area (Å²) in [6, 6.07) is 13.1. The summed E-state index contributed by atoms with van der Waals surface area (Å²) in [6.07, 6.45) is 1.33. The number of carbonyl (C=O) groups is 1. The summed E-state index contributed by atoms with van der Waals surface area (Å²) in [5, 5.41) is 15.2. The zero-order valence-electron chi connectivity index (χ0n) is 11.4. The Labute approximate surface area is 131 Å². The molecule has 0 radical (unpaired) electrons. The van der Waals surface area contributed by atoms with Crippen LogP contribution in [0.4, 0.5) is 5.69 Å². The number of nitrogens with one attached hydrogen (secondary N) is 1. The first-order valence-electron chi connectivity index (χ1n) is 6.36. The van der Waals surface area contributed by atoms with Crippen LogP contribution in [0.5, 0.6) is 0 Å². The van der Waals surface area contributed by atoms with Crippen LogP contribution in [-0.2, 0) is 11.2 Å². The zero-order valence-corrected chi connectivity index (χ0v) is 12.2. The van der Waals surface area contributed by atoms with Crippen LogP contribution in [0.3, 0.4) is 0 Å². The first-order valence-corrected chi connectivity index (χ1v) is 6.74. The van der Waals surface area contributed by atoms with Crippen molar-refractivity contribution in [2.24, 2.45) is 5.10 Å². The molecule has 0 saturated heterocycles. The fourth-order valence-electron chi connectivity index (χ4n) is 1.82. The van der Waals surface area contributed by atoms with Crippen LogP contribution in [-0.4, -0.2) is 17.0 Å². The fourth-order valence-corrected chi connectivity index (χ4v) is 2.02. The molecule has 22 heavy (non-hydrogen) atoms. The van der Waals surface area contributed by atoms with Crippen molar-refractivity contribution in [3.8, 4) is 0 Å². The van der Waals surface area contributed by atoms with Crippen molar-refractivity contribution in [3.05, 3.63) is 74.8 Å². The Balaban J connectivity index is 1.98. The van der Waals surface area contributed by atoms with E-state index in [4.69, 9.17) is 11.6 Å². The van der Waals surface area contributed by atoms with Gasteiger partial charge in [0.15, 0.2) is 0 Å². The van der Waals surface area contributed by atoms with E-state index >= 15 is 0 Å². The summed E-state index contributed by atoms with van der Waals surface area (Å²) < 4.78 is 0. The van der Waals surface area contributed by atoms with Gasteiger partial charge in [-0.3, -0.25) is 14.9 Å². The van der Waals surface area contributed by atoms with Crippen molar-refractivity contribution < 1.29 is 9.72 Å². The molecule has 6 nitrogen and oxygen atoms in total. The number of rotatable bonds is 5. The predicted octanol–water partition coefficient (Wildman–Crippen LogP) is 2.94. The highest BCUT2D eigenvalue weighted by Crippen LogP contribution is 2.17. The van der Waals surface area contributed by atoms with Crippen molar-refractivity contribution >= 4 is 29.4 Å². The summed E-state index contributed by atoms with van der Waals surface area (Å²) in [5.41, 5.74) is 3.31. The van der Waals surface area contributed by atoms with Gasteiger partial charge < -0.3 is 0 Å². The summed E-state index contributed by atoms with van der Waals surface area (Å²) >= 11 is 5.83. The second-order valence-electron chi connectivity index (χ2n) is 4.41. The molecule has 0 aliphatic heterocycles. The molecule has 0 heterocycles. The van der Waals surface area contributed by atoms with Crippen LogP contribution in [0.15, 0.2) is 53.6 Å². The average molecular weight is 318 g/mol. The number of benzene rings is 2. The SMILES string of the molecule is O=C(Cc1ccccc1[N+](=O)[O-])NN=Cc1cccc(Cl)c1. The molecule has 0 bridgehead atoms. The fraction of sp³-hybridized carbons (Fsp3) is 0.0667.